The Bertz CT molecular complexity index is 363. The second-order valence-corrected chi connectivity index (χ2v) is 3.72. The van der Waals surface area contributed by atoms with Gasteiger partial charge >= 0.3 is 0 Å². The van der Waals surface area contributed by atoms with Crippen molar-refractivity contribution < 1.29 is 0 Å². The molecule has 0 radical (unpaired) electrons. The molecule has 0 aliphatic carbocycles. The van der Waals surface area contributed by atoms with E-state index in [9.17, 15) is 0 Å². The van der Waals surface area contributed by atoms with Crippen LogP contribution in [0.3, 0.4) is 0 Å². The van der Waals surface area contributed by atoms with E-state index in [4.69, 9.17) is 5.26 Å². The molecule has 1 aromatic rings. The van der Waals surface area contributed by atoms with Gasteiger partial charge in [0.2, 0.25) is 0 Å². The molecule has 1 aromatic heterocycles. The second kappa shape index (κ2) is 4.76. The maximum Gasteiger partial charge on any atom is 0.142 e. The van der Waals surface area contributed by atoms with E-state index in [2.05, 4.69) is 15.6 Å². The van der Waals surface area contributed by atoms with Gasteiger partial charge in [-0.3, -0.25) is 0 Å². The summed E-state index contributed by atoms with van der Waals surface area (Å²) in [5, 5.41) is 15.4. The Kier molecular flexibility index (Phi) is 3.15. The van der Waals surface area contributed by atoms with Gasteiger partial charge in [0.1, 0.15) is 11.8 Å². The van der Waals surface area contributed by atoms with Crippen molar-refractivity contribution in [2.24, 2.45) is 0 Å². The molecule has 0 saturated carbocycles. The van der Waals surface area contributed by atoms with E-state index >= 15 is 0 Å². The molecule has 15 heavy (non-hydrogen) atoms. The van der Waals surface area contributed by atoms with Crippen LogP contribution in [0, 0.1) is 11.3 Å². The zero-order chi connectivity index (χ0) is 10.5. The number of hydrogen-bond acceptors (Lipinski definition) is 4. The SMILES string of the molecule is N#Cc1cc(NCC2CCCN2)ccn1. The molecule has 4 heteroatoms. The molecule has 78 valence electrons. The first-order valence-electron chi connectivity index (χ1n) is 5.22. The van der Waals surface area contributed by atoms with Crippen LogP contribution in [0.5, 0.6) is 0 Å². The fraction of sp³-hybridized carbons (Fsp3) is 0.455. The Balaban J connectivity index is 1.90. The number of rotatable bonds is 3. The molecule has 1 saturated heterocycles. The normalized spacial score (nSPS) is 19.8. The van der Waals surface area contributed by atoms with Crippen molar-refractivity contribution in [3.63, 3.8) is 0 Å². The van der Waals surface area contributed by atoms with Crippen LogP contribution in [0.25, 0.3) is 0 Å². The maximum absolute atomic E-state index is 8.69. The molecule has 2 N–H and O–H groups in total. The molecule has 2 rings (SSSR count). The molecule has 0 bridgehead atoms. The number of nitrogens with one attached hydrogen (secondary N) is 2. The molecule has 2 heterocycles. The van der Waals surface area contributed by atoms with Crippen molar-refractivity contribution in [3.05, 3.63) is 24.0 Å². The van der Waals surface area contributed by atoms with Gasteiger partial charge in [0.15, 0.2) is 0 Å². The molecule has 0 aromatic carbocycles. The predicted octanol–water partition coefficient (Wildman–Crippen LogP) is 1.12. The lowest BCUT2D eigenvalue weighted by Crippen LogP contribution is -2.29. The summed E-state index contributed by atoms with van der Waals surface area (Å²) in [6.45, 7) is 2.03. The largest absolute Gasteiger partial charge is 0.383 e. The van der Waals surface area contributed by atoms with Crippen molar-refractivity contribution in [1.29, 1.82) is 5.26 Å². The smallest absolute Gasteiger partial charge is 0.142 e. The third-order valence-corrected chi connectivity index (χ3v) is 2.59. The highest BCUT2D eigenvalue weighted by atomic mass is 15.0. The molecule has 0 spiro atoms. The summed E-state index contributed by atoms with van der Waals surface area (Å²) >= 11 is 0. The van der Waals surface area contributed by atoms with Crippen LogP contribution < -0.4 is 10.6 Å². The Morgan fingerprint density at radius 2 is 2.60 bits per heavy atom. The van der Waals surface area contributed by atoms with Gasteiger partial charge < -0.3 is 10.6 Å². The molecular weight excluding hydrogens is 188 g/mol. The molecule has 4 nitrogen and oxygen atoms in total. The molecule has 1 aliphatic heterocycles. The summed E-state index contributed by atoms with van der Waals surface area (Å²) < 4.78 is 0. The standard InChI is InChI=1S/C11H14N4/c12-7-11-6-9(3-5-14-11)15-8-10-2-1-4-13-10/h3,5-6,10,13H,1-2,4,8H2,(H,14,15). The van der Waals surface area contributed by atoms with Gasteiger partial charge in [-0.2, -0.15) is 5.26 Å². The molecular formula is C11H14N4. The van der Waals surface area contributed by atoms with Gasteiger partial charge in [-0.05, 0) is 31.5 Å². The van der Waals surface area contributed by atoms with Crippen LogP contribution in [0.1, 0.15) is 18.5 Å². The minimum absolute atomic E-state index is 0.458. The van der Waals surface area contributed by atoms with Gasteiger partial charge in [0, 0.05) is 24.5 Å². The van der Waals surface area contributed by atoms with E-state index in [1.807, 2.05) is 12.1 Å². The molecule has 1 fully saturated rings. The van der Waals surface area contributed by atoms with E-state index in [1.165, 1.54) is 12.8 Å². The number of nitriles is 1. The van der Waals surface area contributed by atoms with E-state index in [0.29, 0.717) is 11.7 Å². The van der Waals surface area contributed by atoms with Crippen LogP contribution in [0.15, 0.2) is 18.3 Å². The van der Waals surface area contributed by atoms with Crippen LogP contribution in [0.4, 0.5) is 5.69 Å². The van der Waals surface area contributed by atoms with E-state index in [0.717, 1.165) is 18.8 Å². The molecule has 0 amide bonds. The summed E-state index contributed by atoms with van der Waals surface area (Å²) in [6.07, 6.45) is 4.14. The fourth-order valence-electron chi connectivity index (χ4n) is 1.77. The van der Waals surface area contributed by atoms with Crippen molar-refractivity contribution >= 4 is 5.69 Å². The Hall–Kier alpha value is -1.60. The van der Waals surface area contributed by atoms with Crippen molar-refractivity contribution in [2.75, 3.05) is 18.4 Å². The molecule has 1 atom stereocenters. The topological polar surface area (TPSA) is 60.7 Å². The number of nitrogens with zero attached hydrogens (tertiary/aromatic N) is 2. The highest BCUT2D eigenvalue weighted by Crippen LogP contribution is 2.09. The van der Waals surface area contributed by atoms with Gasteiger partial charge in [-0.15, -0.1) is 0 Å². The lowest BCUT2D eigenvalue weighted by molar-refractivity contribution is 0.633. The maximum atomic E-state index is 8.69. The first-order valence-corrected chi connectivity index (χ1v) is 5.22. The summed E-state index contributed by atoms with van der Waals surface area (Å²) in [6, 6.07) is 6.25. The molecule has 1 aliphatic rings. The number of hydrogen-bond donors (Lipinski definition) is 2. The third kappa shape index (κ3) is 2.67. The Morgan fingerprint density at radius 1 is 1.67 bits per heavy atom. The summed E-state index contributed by atoms with van der Waals surface area (Å²) in [4.78, 5) is 3.92. The van der Waals surface area contributed by atoms with Crippen LogP contribution in [0.2, 0.25) is 0 Å². The summed E-state index contributed by atoms with van der Waals surface area (Å²) in [7, 11) is 0. The minimum atomic E-state index is 0.458. The van der Waals surface area contributed by atoms with E-state index in [-0.39, 0.29) is 0 Å². The zero-order valence-electron chi connectivity index (χ0n) is 8.53. The van der Waals surface area contributed by atoms with Crippen LogP contribution in [-0.4, -0.2) is 24.1 Å². The average Bonchev–Trinajstić information content (AvgIpc) is 2.79. The Labute approximate surface area is 89.3 Å². The Morgan fingerprint density at radius 3 is 3.33 bits per heavy atom. The number of aromatic nitrogens is 1. The lowest BCUT2D eigenvalue weighted by Gasteiger charge is -2.12. The minimum Gasteiger partial charge on any atom is -0.383 e. The van der Waals surface area contributed by atoms with E-state index < -0.39 is 0 Å². The van der Waals surface area contributed by atoms with Gasteiger partial charge in [0.25, 0.3) is 0 Å². The first kappa shape index (κ1) is 9.94. The zero-order valence-corrected chi connectivity index (χ0v) is 8.53. The van der Waals surface area contributed by atoms with Gasteiger partial charge in [-0.1, -0.05) is 0 Å². The lowest BCUT2D eigenvalue weighted by atomic mass is 10.2. The second-order valence-electron chi connectivity index (χ2n) is 3.72. The number of pyridine rings is 1. The van der Waals surface area contributed by atoms with Crippen molar-refractivity contribution in [1.82, 2.24) is 10.3 Å². The van der Waals surface area contributed by atoms with Gasteiger partial charge in [-0.25, -0.2) is 4.98 Å². The average molecular weight is 202 g/mol. The third-order valence-electron chi connectivity index (χ3n) is 2.59. The molecule has 1 unspecified atom stereocenters. The van der Waals surface area contributed by atoms with Crippen LogP contribution >= 0.6 is 0 Å². The highest BCUT2D eigenvalue weighted by Gasteiger charge is 2.12. The van der Waals surface area contributed by atoms with E-state index in [1.54, 1.807) is 12.3 Å². The van der Waals surface area contributed by atoms with Crippen LogP contribution in [-0.2, 0) is 0 Å². The van der Waals surface area contributed by atoms with Gasteiger partial charge in [0.05, 0.1) is 0 Å². The van der Waals surface area contributed by atoms with Crippen molar-refractivity contribution in [3.8, 4) is 6.07 Å². The fourth-order valence-corrected chi connectivity index (χ4v) is 1.77. The number of anilines is 1. The summed E-state index contributed by atoms with van der Waals surface area (Å²) in [5.41, 5.74) is 1.43. The monoisotopic (exact) mass is 202 g/mol. The van der Waals surface area contributed by atoms with Crippen molar-refractivity contribution in [2.45, 2.75) is 18.9 Å². The summed E-state index contributed by atoms with van der Waals surface area (Å²) in [5.74, 6) is 0. The quantitative estimate of drug-likeness (QED) is 0.771. The highest BCUT2D eigenvalue weighted by molar-refractivity contribution is 5.45. The first-order chi connectivity index (χ1) is 7.38. The predicted molar refractivity (Wildman–Crippen MR) is 58.5 cm³/mol.